The summed E-state index contributed by atoms with van der Waals surface area (Å²) in [5, 5.41) is 0. The molecule has 0 aliphatic carbocycles. The van der Waals surface area contributed by atoms with Crippen LogP contribution in [0.25, 0.3) is 5.76 Å². The maximum Gasteiger partial charge on any atom is 0.134 e. The topological polar surface area (TPSA) is 9.23 Å². The molecule has 2 aromatic carbocycles. The fraction of sp³-hybridized carbons (Fsp3) is 0.238. The molecule has 2 rings (SSSR count). The average Bonchev–Trinajstić information content (AvgIpc) is 2.47. The van der Waals surface area contributed by atoms with Crippen molar-refractivity contribution in [3.05, 3.63) is 84.0 Å². The SMILES string of the molecule is Cc1ccc(/C(=C/C=C/C(C)(C)C)Oc2ccccc2)cc1. The average molecular weight is 292 g/mol. The van der Waals surface area contributed by atoms with Gasteiger partial charge in [-0.3, -0.25) is 0 Å². The van der Waals surface area contributed by atoms with Gasteiger partial charge in [-0.25, -0.2) is 0 Å². The number of allylic oxidation sites excluding steroid dienone is 3. The van der Waals surface area contributed by atoms with Gasteiger partial charge < -0.3 is 4.74 Å². The monoisotopic (exact) mass is 292 g/mol. The van der Waals surface area contributed by atoms with Gasteiger partial charge in [-0.15, -0.1) is 0 Å². The Bertz CT molecular complexity index is 641. The quantitative estimate of drug-likeness (QED) is 0.495. The minimum atomic E-state index is 0.154. The lowest BCUT2D eigenvalue weighted by atomic mass is 9.96. The minimum absolute atomic E-state index is 0.154. The molecule has 1 nitrogen and oxygen atoms in total. The molecule has 0 heterocycles. The summed E-state index contributed by atoms with van der Waals surface area (Å²) in [6.45, 7) is 8.63. The van der Waals surface area contributed by atoms with Gasteiger partial charge in [0, 0.05) is 5.56 Å². The highest BCUT2D eigenvalue weighted by Crippen LogP contribution is 2.22. The summed E-state index contributed by atoms with van der Waals surface area (Å²) in [5.74, 6) is 1.70. The van der Waals surface area contributed by atoms with Gasteiger partial charge in [0.25, 0.3) is 0 Å². The second kappa shape index (κ2) is 7.13. The molecule has 0 N–H and O–H groups in total. The number of benzene rings is 2. The molecule has 0 unspecified atom stereocenters. The van der Waals surface area contributed by atoms with Crippen LogP contribution in [0.5, 0.6) is 5.75 Å². The molecule has 0 radical (unpaired) electrons. The van der Waals surface area contributed by atoms with Crippen LogP contribution in [-0.2, 0) is 0 Å². The third-order valence-corrected chi connectivity index (χ3v) is 3.15. The van der Waals surface area contributed by atoms with Crippen LogP contribution in [0.4, 0.5) is 0 Å². The van der Waals surface area contributed by atoms with Crippen LogP contribution in [0.1, 0.15) is 31.9 Å². The van der Waals surface area contributed by atoms with Gasteiger partial charge in [-0.2, -0.15) is 0 Å². The van der Waals surface area contributed by atoms with Crippen molar-refractivity contribution in [1.82, 2.24) is 0 Å². The predicted molar refractivity (Wildman–Crippen MR) is 94.8 cm³/mol. The second-order valence-electron chi connectivity index (χ2n) is 6.54. The number of hydrogen-bond donors (Lipinski definition) is 0. The lowest BCUT2D eigenvalue weighted by Gasteiger charge is -2.12. The van der Waals surface area contributed by atoms with Crippen LogP contribution in [0.2, 0.25) is 0 Å². The third kappa shape index (κ3) is 5.25. The highest BCUT2D eigenvalue weighted by molar-refractivity contribution is 5.63. The summed E-state index contributed by atoms with van der Waals surface area (Å²) in [7, 11) is 0. The minimum Gasteiger partial charge on any atom is -0.457 e. The van der Waals surface area contributed by atoms with Gasteiger partial charge in [0.2, 0.25) is 0 Å². The van der Waals surface area contributed by atoms with E-state index in [-0.39, 0.29) is 5.41 Å². The van der Waals surface area contributed by atoms with E-state index < -0.39 is 0 Å². The molecule has 2 aromatic rings. The first-order valence-corrected chi connectivity index (χ1v) is 7.63. The van der Waals surface area contributed by atoms with Crippen LogP contribution >= 0.6 is 0 Å². The largest absolute Gasteiger partial charge is 0.457 e. The predicted octanol–water partition coefficient (Wildman–Crippen LogP) is 6.02. The molecule has 0 amide bonds. The molecule has 22 heavy (non-hydrogen) atoms. The Balaban J connectivity index is 2.30. The zero-order valence-electron chi connectivity index (χ0n) is 13.8. The Hall–Kier alpha value is -2.28. The van der Waals surface area contributed by atoms with E-state index in [9.17, 15) is 0 Å². The van der Waals surface area contributed by atoms with Crippen LogP contribution in [-0.4, -0.2) is 0 Å². The maximum absolute atomic E-state index is 6.06. The molecule has 0 aliphatic heterocycles. The van der Waals surface area contributed by atoms with Gasteiger partial charge in [0.1, 0.15) is 11.5 Å². The molecule has 1 heteroatoms. The zero-order chi connectivity index (χ0) is 16.0. The summed E-state index contributed by atoms with van der Waals surface area (Å²) < 4.78 is 6.06. The van der Waals surface area contributed by atoms with E-state index in [1.165, 1.54) is 5.56 Å². The van der Waals surface area contributed by atoms with E-state index in [0.717, 1.165) is 17.1 Å². The number of hydrogen-bond acceptors (Lipinski definition) is 1. The summed E-state index contributed by atoms with van der Waals surface area (Å²) in [5.41, 5.74) is 2.47. The molecular weight excluding hydrogens is 268 g/mol. The fourth-order valence-electron chi connectivity index (χ4n) is 1.95. The van der Waals surface area contributed by atoms with E-state index in [2.05, 4.69) is 64.1 Å². The van der Waals surface area contributed by atoms with E-state index in [1.807, 2.05) is 36.4 Å². The van der Waals surface area contributed by atoms with Crippen LogP contribution < -0.4 is 4.74 Å². The normalized spacial score (nSPS) is 12.6. The van der Waals surface area contributed by atoms with Crippen molar-refractivity contribution in [3.63, 3.8) is 0 Å². The highest BCUT2D eigenvalue weighted by Gasteiger charge is 2.05. The van der Waals surface area contributed by atoms with Gasteiger partial charge in [-0.05, 0) is 30.5 Å². The van der Waals surface area contributed by atoms with Crippen LogP contribution in [0.3, 0.4) is 0 Å². The van der Waals surface area contributed by atoms with E-state index in [4.69, 9.17) is 4.74 Å². The molecule has 0 saturated heterocycles. The van der Waals surface area contributed by atoms with Crippen molar-refractivity contribution < 1.29 is 4.74 Å². The van der Waals surface area contributed by atoms with Crippen molar-refractivity contribution in [2.45, 2.75) is 27.7 Å². The molecule has 0 fully saturated rings. The van der Waals surface area contributed by atoms with Crippen molar-refractivity contribution in [2.24, 2.45) is 5.41 Å². The second-order valence-corrected chi connectivity index (χ2v) is 6.54. The number of rotatable bonds is 4. The van der Waals surface area contributed by atoms with Crippen molar-refractivity contribution in [2.75, 3.05) is 0 Å². The molecule has 0 spiro atoms. The Morgan fingerprint density at radius 2 is 1.55 bits per heavy atom. The third-order valence-electron chi connectivity index (χ3n) is 3.15. The van der Waals surface area contributed by atoms with Crippen molar-refractivity contribution >= 4 is 5.76 Å². The van der Waals surface area contributed by atoms with Gasteiger partial charge in [0.15, 0.2) is 0 Å². The number of para-hydroxylation sites is 1. The van der Waals surface area contributed by atoms with E-state index >= 15 is 0 Å². The Morgan fingerprint density at radius 3 is 2.14 bits per heavy atom. The highest BCUT2D eigenvalue weighted by atomic mass is 16.5. The van der Waals surface area contributed by atoms with Crippen LogP contribution in [0.15, 0.2) is 72.8 Å². The molecule has 0 aliphatic rings. The first-order valence-electron chi connectivity index (χ1n) is 7.63. The molecule has 0 bridgehead atoms. The number of ether oxygens (including phenoxy) is 1. The lowest BCUT2D eigenvalue weighted by molar-refractivity contribution is 0.514. The molecule has 114 valence electrons. The number of aryl methyl sites for hydroxylation is 1. The molecule has 0 atom stereocenters. The fourth-order valence-corrected chi connectivity index (χ4v) is 1.95. The molecule has 0 aromatic heterocycles. The van der Waals surface area contributed by atoms with Crippen molar-refractivity contribution in [3.8, 4) is 5.75 Å². The Labute approximate surface area is 134 Å². The zero-order valence-corrected chi connectivity index (χ0v) is 13.8. The Kier molecular flexibility index (Phi) is 5.21. The van der Waals surface area contributed by atoms with Gasteiger partial charge in [-0.1, -0.05) is 81.0 Å². The lowest BCUT2D eigenvalue weighted by Crippen LogP contribution is -1.98. The summed E-state index contributed by atoms with van der Waals surface area (Å²) in [6.07, 6.45) is 6.27. The van der Waals surface area contributed by atoms with Gasteiger partial charge in [0.05, 0.1) is 0 Å². The standard InChI is InChI=1S/C21H24O/c1-17-12-14-18(15-13-17)20(11-8-16-21(2,3)4)22-19-9-6-5-7-10-19/h5-16H,1-4H3/b16-8+,20-11-. The molecular formula is C21H24O. The van der Waals surface area contributed by atoms with E-state index in [1.54, 1.807) is 0 Å². The van der Waals surface area contributed by atoms with Gasteiger partial charge >= 0.3 is 0 Å². The summed E-state index contributed by atoms with van der Waals surface area (Å²) in [6, 6.07) is 18.3. The van der Waals surface area contributed by atoms with Crippen molar-refractivity contribution in [1.29, 1.82) is 0 Å². The molecule has 0 saturated carbocycles. The maximum atomic E-state index is 6.06. The van der Waals surface area contributed by atoms with Crippen LogP contribution in [0, 0.1) is 12.3 Å². The Morgan fingerprint density at radius 1 is 0.909 bits per heavy atom. The smallest absolute Gasteiger partial charge is 0.134 e. The first kappa shape index (κ1) is 16.1. The first-order chi connectivity index (χ1) is 10.4. The summed E-state index contributed by atoms with van der Waals surface area (Å²) >= 11 is 0. The van der Waals surface area contributed by atoms with E-state index in [0.29, 0.717) is 0 Å². The summed E-state index contributed by atoms with van der Waals surface area (Å²) in [4.78, 5) is 0.